The van der Waals surface area contributed by atoms with Crippen LogP contribution in [0, 0.1) is 5.92 Å². The van der Waals surface area contributed by atoms with Gasteiger partial charge in [0.25, 0.3) is 0 Å². The molecule has 1 aliphatic carbocycles. The molecule has 0 amide bonds. The van der Waals surface area contributed by atoms with Gasteiger partial charge in [0.15, 0.2) is 0 Å². The SMILES string of the molecule is C=C(C)/N=C(\C=C(/C)C/C=C/C)C1CC1. The Hall–Kier alpha value is -1.11. The van der Waals surface area contributed by atoms with Crippen LogP contribution in [-0.2, 0) is 0 Å². The van der Waals surface area contributed by atoms with Crippen molar-refractivity contribution in [2.45, 2.75) is 40.0 Å². The number of hydrogen-bond acceptors (Lipinski definition) is 1. The average molecular weight is 203 g/mol. The highest BCUT2D eigenvalue weighted by Gasteiger charge is 2.25. The van der Waals surface area contributed by atoms with E-state index in [4.69, 9.17) is 0 Å². The molecule has 15 heavy (non-hydrogen) atoms. The first kappa shape index (κ1) is 12.0. The Bertz CT molecular complexity index is 314. The summed E-state index contributed by atoms with van der Waals surface area (Å²) in [4.78, 5) is 4.51. The zero-order chi connectivity index (χ0) is 11.3. The van der Waals surface area contributed by atoms with E-state index in [9.17, 15) is 0 Å². The van der Waals surface area contributed by atoms with Gasteiger partial charge in [-0.3, -0.25) is 4.99 Å². The molecule has 1 rings (SSSR count). The fourth-order valence-corrected chi connectivity index (χ4v) is 1.46. The number of hydrogen-bond donors (Lipinski definition) is 0. The maximum absolute atomic E-state index is 4.51. The molecule has 0 bridgehead atoms. The minimum atomic E-state index is 0.697. The van der Waals surface area contributed by atoms with Crippen LogP contribution < -0.4 is 0 Å². The molecule has 0 aliphatic heterocycles. The molecule has 1 fully saturated rings. The lowest BCUT2D eigenvalue weighted by Crippen LogP contribution is -1.98. The summed E-state index contributed by atoms with van der Waals surface area (Å²) in [7, 11) is 0. The van der Waals surface area contributed by atoms with Gasteiger partial charge in [-0.2, -0.15) is 0 Å². The van der Waals surface area contributed by atoms with E-state index >= 15 is 0 Å². The fourth-order valence-electron chi connectivity index (χ4n) is 1.46. The van der Waals surface area contributed by atoms with E-state index in [-0.39, 0.29) is 0 Å². The van der Waals surface area contributed by atoms with E-state index in [1.807, 2.05) is 6.92 Å². The van der Waals surface area contributed by atoms with Gasteiger partial charge >= 0.3 is 0 Å². The van der Waals surface area contributed by atoms with Crippen molar-refractivity contribution in [3.05, 3.63) is 36.1 Å². The third-order valence-electron chi connectivity index (χ3n) is 2.39. The van der Waals surface area contributed by atoms with Crippen molar-refractivity contribution in [2.24, 2.45) is 10.9 Å². The van der Waals surface area contributed by atoms with Gasteiger partial charge in [-0.25, -0.2) is 0 Å². The van der Waals surface area contributed by atoms with E-state index in [2.05, 4.69) is 43.6 Å². The third kappa shape index (κ3) is 4.78. The molecule has 0 unspecified atom stereocenters. The zero-order valence-electron chi connectivity index (χ0n) is 10.1. The molecule has 0 aromatic carbocycles. The van der Waals surface area contributed by atoms with Crippen LogP contribution in [0.1, 0.15) is 40.0 Å². The highest BCUT2D eigenvalue weighted by molar-refractivity contribution is 5.99. The van der Waals surface area contributed by atoms with Crippen LogP contribution in [0.15, 0.2) is 41.1 Å². The first-order chi connectivity index (χ1) is 7.13. The van der Waals surface area contributed by atoms with Crippen molar-refractivity contribution < 1.29 is 0 Å². The van der Waals surface area contributed by atoms with Crippen molar-refractivity contribution in [3.8, 4) is 0 Å². The van der Waals surface area contributed by atoms with Crippen LogP contribution in [0.25, 0.3) is 0 Å². The molecule has 0 saturated heterocycles. The molecular weight excluding hydrogens is 182 g/mol. The number of aliphatic imine (C=N–C) groups is 1. The molecule has 0 N–H and O–H groups in total. The maximum Gasteiger partial charge on any atom is 0.0437 e. The molecule has 1 heteroatoms. The monoisotopic (exact) mass is 203 g/mol. The topological polar surface area (TPSA) is 12.4 Å². The second-order valence-corrected chi connectivity index (χ2v) is 4.31. The van der Waals surface area contributed by atoms with Gasteiger partial charge in [-0.05, 0) is 46.1 Å². The van der Waals surface area contributed by atoms with Crippen molar-refractivity contribution in [1.82, 2.24) is 0 Å². The average Bonchev–Trinajstić information content (AvgIpc) is 2.96. The molecule has 0 heterocycles. The highest BCUT2D eigenvalue weighted by atomic mass is 14.8. The minimum absolute atomic E-state index is 0.697. The van der Waals surface area contributed by atoms with E-state index in [0.717, 1.165) is 12.1 Å². The lowest BCUT2D eigenvalue weighted by molar-refractivity contribution is 1.14. The van der Waals surface area contributed by atoms with Crippen LogP contribution in [0.4, 0.5) is 0 Å². The van der Waals surface area contributed by atoms with Crippen molar-refractivity contribution in [2.75, 3.05) is 0 Å². The second-order valence-electron chi connectivity index (χ2n) is 4.31. The Balaban J connectivity index is 2.68. The first-order valence-electron chi connectivity index (χ1n) is 5.66. The van der Waals surface area contributed by atoms with Crippen molar-refractivity contribution in [1.29, 1.82) is 0 Å². The smallest absolute Gasteiger partial charge is 0.0437 e. The molecule has 1 saturated carbocycles. The Morgan fingerprint density at radius 2 is 2.07 bits per heavy atom. The van der Waals surface area contributed by atoms with Gasteiger partial charge in [0.1, 0.15) is 0 Å². The zero-order valence-corrected chi connectivity index (χ0v) is 10.1. The predicted octanol–water partition coefficient (Wildman–Crippen LogP) is 4.28. The van der Waals surface area contributed by atoms with Gasteiger partial charge in [-0.1, -0.05) is 24.3 Å². The third-order valence-corrected chi connectivity index (χ3v) is 2.39. The molecule has 82 valence electrons. The van der Waals surface area contributed by atoms with Crippen LogP contribution >= 0.6 is 0 Å². The van der Waals surface area contributed by atoms with Gasteiger partial charge in [0, 0.05) is 17.3 Å². The molecule has 0 spiro atoms. The Morgan fingerprint density at radius 3 is 2.53 bits per heavy atom. The molecule has 0 radical (unpaired) electrons. The summed E-state index contributed by atoms with van der Waals surface area (Å²) in [6, 6.07) is 0. The second kappa shape index (κ2) is 5.69. The standard InChI is InChI=1S/C14H21N/c1-5-6-7-12(4)10-14(13-8-9-13)15-11(2)3/h5-6,10,13H,2,7-9H2,1,3-4H3/b6-5+,12-10+,15-14+. The molecule has 0 aromatic heterocycles. The molecule has 1 nitrogen and oxygen atoms in total. The fraction of sp³-hybridized carbons (Fsp3) is 0.500. The van der Waals surface area contributed by atoms with Gasteiger partial charge < -0.3 is 0 Å². The lowest BCUT2D eigenvalue weighted by Gasteiger charge is -2.01. The first-order valence-corrected chi connectivity index (χ1v) is 5.66. The summed E-state index contributed by atoms with van der Waals surface area (Å²) in [6.45, 7) is 10.0. The molecule has 0 aromatic rings. The lowest BCUT2D eigenvalue weighted by atomic mass is 10.1. The van der Waals surface area contributed by atoms with Gasteiger partial charge in [0.2, 0.25) is 0 Å². The molecule has 1 aliphatic rings. The summed E-state index contributed by atoms with van der Waals surface area (Å²) < 4.78 is 0. The van der Waals surface area contributed by atoms with Crippen LogP contribution in [0.3, 0.4) is 0 Å². The van der Waals surface area contributed by atoms with Crippen LogP contribution in [0.2, 0.25) is 0 Å². The number of rotatable bonds is 5. The Morgan fingerprint density at radius 1 is 1.40 bits per heavy atom. The number of nitrogens with zero attached hydrogens (tertiary/aromatic N) is 1. The number of allylic oxidation sites excluding steroid dienone is 5. The van der Waals surface area contributed by atoms with Gasteiger partial charge in [0.05, 0.1) is 0 Å². The molecular formula is C14H21N. The quantitative estimate of drug-likeness (QED) is 0.467. The van der Waals surface area contributed by atoms with Crippen LogP contribution in [-0.4, -0.2) is 5.71 Å². The summed E-state index contributed by atoms with van der Waals surface area (Å²) in [6.07, 6.45) is 10.1. The minimum Gasteiger partial charge on any atom is -0.259 e. The Kier molecular flexibility index (Phi) is 4.54. The van der Waals surface area contributed by atoms with E-state index in [0.29, 0.717) is 5.92 Å². The van der Waals surface area contributed by atoms with E-state index in [1.54, 1.807) is 0 Å². The van der Waals surface area contributed by atoms with Crippen LogP contribution in [0.5, 0.6) is 0 Å². The Labute approximate surface area is 93.3 Å². The summed E-state index contributed by atoms with van der Waals surface area (Å²) in [5.74, 6) is 0.697. The van der Waals surface area contributed by atoms with E-state index in [1.165, 1.54) is 24.1 Å². The van der Waals surface area contributed by atoms with Crippen molar-refractivity contribution >= 4 is 5.71 Å². The molecule has 0 atom stereocenters. The summed E-state index contributed by atoms with van der Waals surface area (Å²) >= 11 is 0. The largest absolute Gasteiger partial charge is 0.259 e. The maximum atomic E-state index is 4.51. The summed E-state index contributed by atoms with van der Waals surface area (Å²) in [5.41, 5.74) is 3.51. The summed E-state index contributed by atoms with van der Waals surface area (Å²) in [5, 5.41) is 0. The normalized spacial score (nSPS) is 18.6. The highest BCUT2D eigenvalue weighted by Crippen LogP contribution is 2.32. The predicted molar refractivity (Wildman–Crippen MR) is 68.2 cm³/mol. The van der Waals surface area contributed by atoms with Crippen molar-refractivity contribution in [3.63, 3.8) is 0 Å². The van der Waals surface area contributed by atoms with E-state index < -0.39 is 0 Å². The van der Waals surface area contributed by atoms with Gasteiger partial charge in [-0.15, -0.1) is 0 Å².